The van der Waals surface area contributed by atoms with E-state index in [2.05, 4.69) is 0 Å². The lowest BCUT2D eigenvalue weighted by molar-refractivity contribution is -0.141. The van der Waals surface area contributed by atoms with Gasteiger partial charge in [-0.15, -0.1) is 0 Å². The predicted octanol–water partition coefficient (Wildman–Crippen LogP) is 2.38. The molecule has 1 unspecified atom stereocenters. The Labute approximate surface area is 163 Å². The molecule has 148 valence electrons. The van der Waals surface area contributed by atoms with Gasteiger partial charge in [-0.3, -0.25) is 9.59 Å². The number of amides is 1. The van der Waals surface area contributed by atoms with E-state index in [1.807, 2.05) is 35.9 Å². The molecule has 1 fully saturated rings. The molecular formula is C21H25N3O4. The molecule has 2 aliphatic rings. The highest BCUT2D eigenvalue weighted by molar-refractivity contribution is 5.94. The number of carbonyl (C=O) groups excluding carboxylic acids is 1. The van der Waals surface area contributed by atoms with Crippen LogP contribution >= 0.6 is 0 Å². The van der Waals surface area contributed by atoms with E-state index in [4.69, 9.17) is 14.9 Å². The molecule has 4 rings (SSSR count). The molecule has 1 N–H and O–H groups in total. The Morgan fingerprint density at radius 1 is 1.21 bits per heavy atom. The van der Waals surface area contributed by atoms with Crippen LogP contribution in [0, 0.1) is 6.92 Å². The van der Waals surface area contributed by atoms with Crippen molar-refractivity contribution in [2.75, 3.05) is 19.7 Å². The molecule has 7 heteroatoms. The molecule has 1 saturated heterocycles. The number of nitrogens with zero attached hydrogens (tertiary/aromatic N) is 3. The molecule has 1 aliphatic heterocycles. The second-order valence-corrected chi connectivity index (χ2v) is 7.57. The molecule has 1 aliphatic carbocycles. The van der Waals surface area contributed by atoms with Crippen LogP contribution in [0.1, 0.15) is 46.6 Å². The first kappa shape index (κ1) is 18.7. The Balaban J connectivity index is 1.64. The fourth-order valence-corrected chi connectivity index (χ4v) is 4.04. The summed E-state index contributed by atoms with van der Waals surface area (Å²) in [6.07, 6.45) is 3.35. The van der Waals surface area contributed by atoms with Crippen molar-refractivity contribution in [2.24, 2.45) is 0 Å². The van der Waals surface area contributed by atoms with E-state index in [0.717, 1.165) is 42.6 Å². The van der Waals surface area contributed by atoms with E-state index in [1.54, 1.807) is 4.90 Å². The van der Waals surface area contributed by atoms with E-state index < -0.39 is 12.1 Å². The van der Waals surface area contributed by atoms with E-state index in [1.165, 1.54) is 5.56 Å². The second-order valence-electron chi connectivity index (χ2n) is 7.57. The summed E-state index contributed by atoms with van der Waals surface area (Å²) in [4.78, 5) is 25.9. The van der Waals surface area contributed by atoms with Crippen LogP contribution in [0.2, 0.25) is 0 Å². The molecule has 0 bridgehead atoms. The van der Waals surface area contributed by atoms with Gasteiger partial charge in [0.15, 0.2) is 5.69 Å². The number of rotatable bonds is 4. The molecule has 1 aromatic heterocycles. The number of morpholine rings is 1. The quantitative estimate of drug-likeness (QED) is 0.876. The molecule has 1 amide bonds. The van der Waals surface area contributed by atoms with Crippen molar-refractivity contribution in [2.45, 2.75) is 45.1 Å². The number of hydrogen-bond acceptors (Lipinski definition) is 4. The van der Waals surface area contributed by atoms with Crippen LogP contribution < -0.4 is 0 Å². The summed E-state index contributed by atoms with van der Waals surface area (Å²) >= 11 is 0. The maximum Gasteiger partial charge on any atom is 0.306 e. The summed E-state index contributed by atoms with van der Waals surface area (Å²) in [5, 5.41) is 13.7. The minimum Gasteiger partial charge on any atom is -0.481 e. The number of aliphatic carboxylic acids is 1. The smallest absolute Gasteiger partial charge is 0.306 e. The van der Waals surface area contributed by atoms with Gasteiger partial charge in [0.1, 0.15) is 0 Å². The SMILES string of the molecule is Cc1ccc(-n2nc(C(=O)N3CCOC(CC(=O)O)C3)c3c2CCCC3)cc1. The molecule has 1 atom stereocenters. The van der Waals surface area contributed by atoms with Crippen LogP contribution in [0.3, 0.4) is 0 Å². The predicted molar refractivity (Wildman–Crippen MR) is 103 cm³/mol. The van der Waals surface area contributed by atoms with Gasteiger partial charge in [0.05, 0.1) is 24.8 Å². The van der Waals surface area contributed by atoms with Crippen LogP contribution in [-0.4, -0.2) is 57.5 Å². The highest BCUT2D eigenvalue weighted by Gasteiger charge is 2.32. The van der Waals surface area contributed by atoms with Crippen LogP contribution in [0.5, 0.6) is 0 Å². The lowest BCUT2D eigenvalue weighted by atomic mass is 9.95. The second kappa shape index (κ2) is 7.75. The van der Waals surface area contributed by atoms with Crippen molar-refractivity contribution < 1.29 is 19.4 Å². The zero-order valence-corrected chi connectivity index (χ0v) is 16.1. The third kappa shape index (κ3) is 3.67. The molecule has 0 spiro atoms. The van der Waals surface area contributed by atoms with E-state index >= 15 is 0 Å². The molecule has 28 heavy (non-hydrogen) atoms. The summed E-state index contributed by atoms with van der Waals surface area (Å²) in [6.45, 7) is 3.15. The molecule has 0 radical (unpaired) electrons. The van der Waals surface area contributed by atoms with Crippen molar-refractivity contribution in [1.29, 1.82) is 0 Å². The van der Waals surface area contributed by atoms with Gasteiger partial charge in [0, 0.05) is 24.3 Å². The van der Waals surface area contributed by atoms with Crippen LogP contribution in [-0.2, 0) is 22.4 Å². The fourth-order valence-electron chi connectivity index (χ4n) is 4.04. The number of aryl methyl sites for hydroxylation is 1. The van der Waals surface area contributed by atoms with Gasteiger partial charge in [-0.2, -0.15) is 5.10 Å². The zero-order chi connectivity index (χ0) is 19.7. The average molecular weight is 383 g/mol. The van der Waals surface area contributed by atoms with Gasteiger partial charge in [0.25, 0.3) is 5.91 Å². The van der Waals surface area contributed by atoms with Crippen LogP contribution in [0.4, 0.5) is 0 Å². The molecule has 2 aromatic rings. The van der Waals surface area contributed by atoms with Gasteiger partial charge >= 0.3 is 5.97 Å². The molecule has 0 saturated carbocycles. The Morgan fingerprint density at radius 2 is 1.96 bits per heavy atom. The van der Waals surface area contributed by atoms with Gasteiger partial charge in [-0.05, 0) is 44.7 Å². The Morgan fingerprint density at radius 3 is 2.71 bits per heavy atom. The molecule has 1 aromatic carbocycles. The fraction of sp³-hybridized carbons (Fsp3) is 0.476. The van der Waals surface area contributed by atoms with Crippen LogP contribution in [0.15, 0.2) is 24.3 Å². The first-order valence-electron chi connectivity index (χ1n) is 9.83. The molecule has 2 heterocycles. The number of carbonyl (C=O) groups is 2. The maximum atomic E-state index is 13.2. The van der Waals surface area contributed by atoms with Gasteiger partial charge < -0.3 is 14.7 Å². The van der Waals surface area contributed by atoms with E-state index in [-0.39, 0.29) is 18.9 Å². The first-order valence-corrected chi connectivity index (χ1v) is 9.83. The van der Waals surface area contributed by atoms with Crippen molar-refractivity contribution in [3.8, 4) is 5.69 Å². The van der Waals surface area contributed by atoms with Crippen molar-refractivity contribution in [3.05, 3.63) is 46.8 Å². The number of benzene rings is 1. The minimum atomic E-state index is -0.916. The Hall–Kier alpha value is -2.67. The topological polar surface area (TPSA) is 84.7 Å². The summed E-state index contributed by atoms with van der Waals surface area (Å²) in [6, 6.07) is 8.16. The summed E-state index contributed by atoms with van der Waals surface area (Å²) < 4.78 is 7.42. The lowest BCUT2D eigenvalue weighted by Crippen LogP contribution is -2.46. The number of hydrogen-bond donors (Lipinski definition) is 1. The summed E-state index contributed by atoms with van der Waals surface area (Å²) in [5.41, 5.74) is 4.81. The van der Waals surface area contributed by atoms with Gasteiger partial charge in [-0.25, -0.2) is 4.68 Å². The number of fused-ring (bicyclic) bond motifs is 1. The number of aromatic nitrogens is 2. The zero-order valence-electron chi connectivity index (χ0n) is 16.1. The summed E-state index contributed by atoms with van der Waals surface area (Å²) in [5.74, 6) is -1.04. The lowest BCUT2D eigenvalue weighted by Gasteiger charge is -2.32. The monoisotopic (exact) mass is 383 g/mol. The largest absolute Gasteiger partial charge is 0.481 e. The Bertz CT molecular complexity index is 888. The maximum absolute atomic E-state index is 13.2. The average Bonchev–Trinajstić information content (AvgIpc) is 3.07. The molecule has 7 nitrogen and oxygen atoms in total. The number of ether oxygens (including phenoxy) is 1. The summed E-state index contributed by atoms with van der Waals surface area (Å²) in [7, 11) is 0. The third-order valence-electron chi connectivity index (χ3n) is 5.49. The van der Waals surface area contributed by atoms with Gasteiger partial charge in [0.2, 0.25) is 0 Å². The normalized spacial score (nSPS) is 19.3. The molecular weight excluding hydrogens is 358 g/mol. The number of carboxylic acid groups (broad SMARTS) is 1. The van der Waals surface area contributed by atoms with E-state index in [9.17, 15) is 9.59 Å². The number of carboxylic acids is 1. The first-order chi connectivity index (χ1) is 13.5. The highest BCUT2D eigenvalue weighted by atomic mass is 16.5. The standard InChI is InChI=1S/C21H25N3O4/c1-14-6-8-15(9-7-14)24-18-5-3-2-4-17(18)20(22-24)21(27)23-10-11-28-16(13-23)12-19(25)26/h6-9,16H,2-5,10-13H2,1H3,(H,25,26). The van der Waals surface area contributed by atoms with Crippen LogP contribution in [0.25, 0.3) is 5.69 Å². The van der Waals surface area contributed by atoms with Crippen molar-refractivity contribution >= 4 is 11.9 Å². The third-order valence-corrected chi connectivity index (χ3v) is 5.49. The van der Waals surface area contributed by atoms with Crippen molar-refractivity contribution in [3.63, 3.8) is 0 Å². The van der Waals surface area contributed by atoms with E-state index in [0.29, 0.717) is 18.8 Å². The van der Waals surface area contributed by atoms with Gasteiger partial charge in [-0.1, -0.05) is 17.7 Å². The van der Waals surface area contributed by atoms with Crippen molar-refractivity contribution in [1.82, 2.24) is 14.7 Å². The Kier molecular flexibility index (Phi) is 5.17. The minimum absolute atomic E-state index is 0.0975. The highest BCUT2D eigenvalue weighted by Crippen LogP contribution is 2.28.